The van der Waals surface area contributed by atoms with Gasteiger partial charge in [-0.15, -0.1) is 0 Å². The van der Waals surface area contributed by atoms with Crippen molar-refractivity contribution in [1.82, 2.24) is 0 Å². The fourth-order valence-corrected chi connectivity index (χ4v) is 2.99. The van der Waals surface area contributed by atoms with Crippen LogP contribution in [0.15, 0.2) is 40.9 Å². The predicted molar refractivity (Wildman–Crippen MR) is 100 cm³/mol. The summed E-state index contributed by atoms with van der Waals surface area (Å²) in [6.07, 6.45) is 0. The summed E-state index contributed by atoms with van der Waals surface area (Å²) in [6, 6.07) is 11.2. The zero-order chi connectivity index (χ0) is 17.9. The van der Waals surface area contributed by atoms with E-state index in [4.69, 9.17) is 9.47 Å². The molecule has 0 aromatic heterocycles. The molecule has 5 heteroatoms. The lowest BCUT2D eigenvalue weighted by Gasteiger charge is -2.23. The first-order valence-corrected chi connectivity index (χ1v) is 8.39. The highest BCUT2D eigenvalue weighted by Crippen LogP contribution is 2.36. The number of carbonyl (C=O) groups is 1. The van der Waals surface area contributed by atoms with Crippen LogP contribution < -0.4 is 14.8 Å². The molecule has 2 aromatic carbocycles. The number of carbonyl (C=O) groups excluding carboxylic acids is 1. The second-order valence-corrected chi connectivity index (χ2v) is 7.24. The fraction of sp³-hybridized carbons (Fsp3) is 0.316. The smallest absolute Gasteiger partial charge is 0.255 e. The average molecular weight is 392 g/mol. The number of nitrogens with one attached hydrogen (secondary N) is 1. The zero-order valence-electron chi connectivity index (χ0n) is 14.6. The summed E-state index contributed by atoms with van der Waals surface area (Å²) in [7, 11) is 3.10. The van der Waals surface area contributed by atoms with Gasteiger partial charge in [0.05, 0.1) is 14.2 Å². The van der Waals surface area contributed by atoms with Crippen molar-refractivity contribution in [1.29, 1.82) is 0 Å². The Hall–Kier alpha value is -2.01. The van der Waals surface area contributed by atoms with Gasteiger partial charge < -0.3 is 14.8 Å². The Morgan fingerprint density at radius 2 is 1.58 bits per heavy atom. The highest BCUT2D eigenvalue weighted by atomic mass is 79.9. The second-order valence-electron chi connectivity index (χ2n) is 6.44. The molecule has 0 saturated heterocycles. The molecule has 2 aromatic rings. The maximum atomic E-state index is 12.7. The third kappa shape index (κ3) is 3.90. The molecule has 2 rings (SSSR count). The molecule has 0 aliphatic rings. The first kappa shape index (κ1) is 18.3. The number of amides is 1. The average Bonchev–Trinajstić information content (AvgIpc) is 2.54. The molecule has 128 valence electrons. The van der Waals surface area contributed by atoms with Crippen LogP contribution in [0.5, 0.6) is 11.5 Å². The Bertz CT molecular complexity index is 726. The molecular formula is C19H22BrNO3. The van der Waals surface area contributed by atoms with E-state index in [0.717, 1.165) is 11.3 Å². The number of hydrogen-bond donors (Lipinski definition) is 1. The van der Waals surface area contributed by atoms with Crippen molar-refractivity contribution in [3.63, 3.8) is 0 Å². The molecule has 1 N–H and O–H groups in total. The molecule has 0 radical (unpaired) electrons. The van der Waals surface area contributed by atoms with Gasteiger partial charge in [-0.3, -0.25) is 4.79 Å². The maximum absolute atomic E-state index is 12.7. The minimum atomic E-state index is -0.212. The lowest BCUT2D eigenvalue weighted by molar-refractivity contribution is 0.102. The summed E-state index contributed by atoms with van der Waals surface area (Å²) in [5.41, 5.74) is 2.28. The summed E-state index contributed by atoms with van der Waals surface area (Å²) < 4.78 is 11.3. The van der Waals surface area contributed by atoms with Crippen LogP contribution in [0.2, 0.25) is 0 Å². The topological polar surface area (TPSA) is 47.6 Å². The SMILES string of the molecule is COc1cc(C(=O)Nc2ccccc2C(C)(C)C)cc(OC)c1Br. The molecule has 0 spiro atoms. The zero-order valence-corrected chi connectivity index (χ0v) is 16.2. The monoisotopic (exact) mass is 391 g/mol. The van der Waals surface area contributed by atoms with Gasteiger partial charge in [-0.1, -0.05) is 39.0 Å². The van der Waals surface area contributed by atoms with E-state index in [1.165, 1.54) is 0 Å². The number of rotatable bonds is 4. The van der Waals surface area contributed by atoms with Crippen LogP contribution in [0, 0.1) is 0 Å². The number of halogens is 1. The number of methoxy groups -OCH3 is 2. The van der Waals surface area contributed by atoms with Crippen molar-refractivity contribution in [2.24, 2.45) is 0 Å². The Morgan fingerprint density at radius 1 is 1.04 bits per heavy atom. The van der Waals surface area contributed by atoms with Gasteiger partial charge in [0.25, 0.3) is 5.91 Å². The van der Waals surface area contributed by atoms with Crippen molar-refractivity contribution in [2.75, 3.05) is 19.5 Å². The molecule has 0 aliphatic heterocycles. The van der Waals surface area contributed by atoms with Gasteiger partial charge in [-0.25, -0.2) is 0 Å². The second kappa shape index (κ2) is 7.26. The normalized spacial score (nSPS) is 11.1. The molecule has 0 atom stereocenters. The number of anilines is 1. The minimum absolute atomic E-state index is 0.0705. The van der Waals surface area contributed by atoms with Gasteiger partial charge in [0.1, 0.15) is 16.0 Å². The molecule has 24 heavy (non-hydrogen) atoms. The van der Waals surface area contributed by atoms with Crippen molar-refractivity contribution in [2.45, 2.75) is 26.2 Å². The van der Waals surface area contributed by atoms with Gasteiger partial charge in [0.15, 0.2) is 0 Å². The van der Waals surface area contributed by atoms with Gasteiger partial charge in [0, 0.05) is 11.3 Å². The Labute approximate surface area is 151 Å². The van der Waals surface area contributed by atoms with E-state index in [0.29, 0.717) is 21.5 Å². The first-order chi connectivity index (χ1) is 11.3. The Kier molecular flexibility index (Phi) is 5.54. The van der Waals surface area contributed by atoms with Crippen LogP contribution >= 0.6 is 15.9 Å². The number of ether oxygens (including phenoxy) is 2. The summed E-state index contributed by atoms with van der Waals surface area (Å²) >= 11 is 3.41. The van der Waals surface area contributed by atoms with Gasteiger partial charge in [-0.05, 0) is 45.1 Å². The number of para-hydroxylation sites is 1. The maximum Gasteiger partial charge on any atom is 0.255 e. The van der Waals surface area contributed by atoms with E-state index >= 15 is 0 Å². The third-order valence-corrected chi connectivity index (χ3v) is 4.47. The van der Waals surface area contributed by atoms with Crippen molar-refractivity contribution in [3.05, 3.63) is 52.0 Å². The number of hydrogen-bond acceptors (Lipinski definition) is 3. The molecule has 0 heterocycles. The van der Waals surface area contributed by atoms with Crippen LogP contribution in [0.25, 0.3) is 0 Å². The van der Waals surface area contributed by atoms with Crippen molar-refractivity contribution < 1.29 is 14.3 Å². The van der Waals surface area contributed by atoms with Gasteiger partial charge >= 0.3 is 0 Å². The van der Waals surface area contributed by atoms with Gasteiger partial charge in [-0.2, -0.15) is 0 Å². The van der Waals surface area contributed by atoms with E-state index in [2.05, 4.69) is 42.0 Å². The third-order valence-electron chi connectivity index (χ3n) is 3.69. The fourth-order valence-electron chi connectivity index (χ4n) is 2.44. The molecule has 0 saturated carbocycles. The molecule has 0 unspecified atom stereocenters. The van der Waals surface area contributed by atoms with Crippen LogP contribution in [-0.4, -0.2) is 20.1 Å². The van der Waals surface area contributed by atoms with Crippen LogP contribution in [0.3, 0.4) is 0 Å². The molecule has 4 nitrogen and oxygen atoms in total. The lowest BCUT2D eigenvalue weighted by atomic mass is 9.86. The number of benzene rings is 2. The van der Waals surface area contributed by atoms with E-state index in [-0.39, 0.29) is 11.3 Å². The standard InChI is InChI=1S/C19H22BrNO3/c1-19(2,3)13-8-6-7-9-14(13)21-18(22)12-10-15(23-4)17(20)16(11-12)24-5/h6-11H,1-5H3,(H,21,22). The summed E-state index contributed by atoms with van der Waals surface area (Å²) in [5.74, 6) is 0.878. The van der Waals surface area contributed by atoms with Gasteiger partial charge in [0.2, 0.25) is 0 Å². The van der Waals surface area contributed by atoms with E-state index in [9.17, 15) is 4.79 Å². The van der Waals surface area contributed by atoms with Crippen LogP contribution in [0.1, 0.15) is 36.7 Å². The largest absolute Gasteiger partial charge is 0.495 e. The molecular weight excluding hydrogens is 370 g/mol. The van der Waals surface area contributed by atoms with Crippen LogP contribution in [0.4, 0.5) is 5.69 Å². The van der Waals surface area contributed by atoms with Crippen molar-refractivity contribution >= 4 is 27.5 Å². The summed E-state index contributed by atoms with van der Waals surface area (Å²) in [5, 5.41) is 2.99. The molecule has 0 aliphatic carbocycles. The predicted octanol–water partition coefficient (Wildman–Crippen LogP) is 5.02. The van der Waals surface area contributed by atoms with Crippen LogP contribution in [-0.2, 0) is 5.41 Å². The van der Waals surface area contributed by atoms with E-state index in [1.807, 2.05) is 24.3 Å². The lowest BCUT2D eigenvalue weighted by Crippen LogP contribution is -2.18. The summed E-state index contributed by atoms with van der Waals surface area (Å²) in [4.78, 5) is 12.7. The summed E-state index contributed by atoms with van der Waals surface area (Å²) in [6.45, 7) is 6.34. The van der Waals surface area contributed by atoms with Crippen molar-refractivity contribution in [3.8, 4) is 11.5 Å². The molecule has 0 bridgehead atoms. The quantitative estimate of drug-likeness (QED) is 0.795. The Balaban J connectivity index is 2.38. The van der Waals surface area contributed by atoms with E-state index in [1.54, 1.807) is 26.4 Å². The van der Waals surface area contributed by atoms with E-state index < -0.39 is 0 Å². The Morgan fingerprint density at radius 3 is 2.08 bits per heavy atom. The highest BCUT2D eigenvalue weighted by Gasteiger charge is 2.20. The molecule has 1 amide bonds. The first-order valence-electron chi connectivity index (χ1n) is 7.60. The minimum Gasteiger partial charge on any atom is -0.495 e. The molecule has 0 fully saturated rings. The highest BCUT2D eigenvalue weighted by molar-refractivity contribution is 9.10.